The van der Waals surface area contributed by atoms with Crippen molar-refractivity contribution < 1.29 is 9.53 Å². The summed E-state index contributed by atoms with van der Waals surface area (Å²) in [5.41, 5.74) is 2.07. The third kappa shape index (κ3) is 3.57. The number of nitrogens with zero attached hydrogens (tertiary/aromatic N) is 1. The van der Waals surface area contributed by atoms with Crippen LogP contribution in [-0.4, -0.2) is 17.0 Å². The molecule has 1 aromatic carbocycles. The average molecular weight is 270 g/mol. The molecular weight excluding hydrogens is 252 g/mol. The van der Waals surface area contributed by atoms with Gasteiger partial charge in [0, 0.05) is 6.20 Å². The highest BCUT2D eigenvalue weighted by molar-refractivity contribution is 5.93. The SMILES string of the molecule is Cc1ccc(OC(C)C(=O)Nc2ncccc2C)cc1. The Morgan fingerprint density at radius 2 is 1.90 bits per heavy atom. The zero-order valence-corrected chi connectivity index (χ0v) is 11.9. The predicted molar refractivity (Wildman–Crippen MR) is 78.9 cm³/mol. The number of aryl methyl sites for hydroxylation is 2. The van der Waals surface area contributed by atoms with Crippen molar-refractivity contribution in [3.63, 3.8) is 0 Å². The van der Waals surface area contributed by atoms with E-state index in [4.69, 9.17) is 4.74 Å². The van der Waals surface area contributed by atoms with Gasteiger partial charge in [0.2, 0.25) is 0 Å². The molecule has 4 nitrogen and oxygen atoms in total. The van der Waals surface area contributed by atoms with Crippen LogP contribution in [0.1, 0.15) is 18.1 Å². The Hall–Kier alpha value is -2.36. The number of anilines is 1. The number of nitrogens with one attached hydrogen (secondary N) is 1. The fourth-order valence-electron chi connectivity index (χ4n) is 1.71. The van der Waals surface area contributed by atoms with Crippen molar-refractivity contribution in [1.29, 1.82) is 0 Å². The van der Waals surface area contributed by atoms with E-state index in [1.54, 1.807) is 13.1 Å². The minimum atomic E-state index is -0.584. The number of ether oxygens (including phenoxy) is 1. The van der Waals surface area contributed by atoms with Gasteiger partial charge in [-0.3, -0.25) is 4.79 Å². The normalized spacial score (nSPS) is 11.8. The number of benzene rings is 1. The largest absolute Gasteiger partial charge is 0.481 e. The van der Waals surface area contributed by atoms with Crippen LogP contribution in [0.3, 0.4) is 0 Å². The van der Waals surface area contributed by atoms with E-state index in [-0.39, 0.29) is 5.91 Å². The zero-order valence-electron chi connectivity index (χ0n) is 11.9. The van der Waals surface area contributed by atoms with Crippen molar-refractivity contribution in [3.8, 4) is 5.75 Å². The van der Waals surface area contributed by atoms with E-state index < -0.39 is 6.10 Å². The summed E-state index contributed by atoms with van der Waals surface area (Å²) in [4.78, 5) is 16.2. The van der Waals surface area contributed by atoms with Gasteiger partial charge in [-0.2, -0.15) is 0 Å². The van der Waals surface area contributed by atoms with Gasteiger partial charge in [0.1, 0.15) is 11.6 Å². The topological polar surface area (TPSA) is 51.2 Å². The molecule has 0 aliphatic carbocycles. The molecule has 0 saturated heterocycles. The second kappa shape index (κ2) is 6.19. The Labute approximate surface area is 118 Å². The fraction of sp³-hybridized carbons (Fsp3) is 0.250. The van der Waals surface area contributed by atoms with Gasteiger partial charge in [-0.1, -0.05) is 23.8 Å². The van der Waals surface area contributed by atoms with E-state index >= 15 is 0 Å². The Bertz CT molecular complexity index is 594. The molecular formula is C16H18N2O2. The molecule has 1 N–H and O–H groups in total. The number of amides is 1. The molecule has 4 heteroatoms. The van der Waals surface area contributed by atoms with E-state index in [0.29, 0.717) is 11.6 Å². The second-order valence-electron chi connectivity index (χ2n) is 4.73. The van der Waals surface area contributed by atoms with Gasteiger partial charge < -0.3 is 10.1 Å². The first kappa shape index (κ1) is 14.1. The summed E-state index contributed by atoms with van der Waals surface area (Å²) in [5.74, 6) is 1.03. The molecule has 2 aromatic rings. The summed E-state index contributed by atoms with van der Waals surface area (Å²) >= 11 is 0. The van der Waals surface area contributed by atoms with Gasteiger partial charge in [0.25, 0.3) is 5.91 Å². The van der Waals surface area contributed by atoms with E-state index in [0.717, 1.165) is 11.1 Å². The van der Waals surface area contributed by atoms with Crippen LogP contribution in [0.5, 0.6) is 5.75 Å². The first-order valence-electron chi connectivity index (χ1n) is 6.52. The molecule has 1 amide bonds. The highest BCUT2D eigenvalue weighted by Crippen LogP contribution is 2.15. The minimum Gasteiger partial charge on any atom is -0.481 e. The van der Waals surface area contributed by atoms with Gasteiger partial charge in [0.05, 0.1) is 0 Å². The van der Waals surface area contributed by atoms with Crippen molar-refractivity contribution in [2.24, 2.45) is 0 Å². The van der Waals surface area contributed by atoms with Crippen LogP contribution in [0.25, 0.3) is 0 Å². The quantitative estimate of drug-likeness (QED) is 0.928. The Morgan fingerprint density at radius 1 is 1.20 bits per heavy atom. The van der Waals surface area contributed by atoms with E-state index in [1.807, 2.05) is 50.2 Å². The minimum absolute atomic E-state index is 0.215. The highest BCUT2D eigenvalue weighted by Gasteiger charge is 2.16. The molecule has 104 valence electrons. The Morgan fingerprint density at radius 3 is 2.55 bits per heavy atom. The first-order chi connectivity index (χ1) is 9.56. The standard InChI is InChI=1S/C16H18N2O2/c1-11-6-8-14(9-7-11)20-13(3)16(19)18-15-12(2)5-4-10-17-15/h4-10,13H,1-3H3,(H,17,18,19). The predicted octanol–water partition coefficient (Wildman–Crippen LogP) is 3.10. The number of rotatable bonds is 4. The van der Waals surface area contributed by atoms with Gasteiger partial charge in [-0.05, 0) is 44.5 Å². The summed E-state index contributed by atoms with van der Waals surface area (Å²) in [6.07, 6.45) is 1.06. The van der Waals surface area contributed by atoms with Crippen molar-refractivity contribution in [2.45, 2.75) is 26.9 Å². The number of carbonyl (C=O) groups is 1. The number of carbonyl (C=O) groups excluding carboxylic acids is 1. The first-order valence-corrected chi connectivity index (χ1v) is 6.52. The van der Waals surface area contributed by atoms with Gasteiger partial charge in [0.15, 0.2) is 6.10 Å². The number of pyridine rings is 1. The lowest BCUT2D eigenvalue weighted by atomic mass is 10.2. The van der Waals surface area contributed by atoms with Crippen LogP contribution in [-0.2, 0) is 4.79 Å². The maximum Gasteiger partial charge on any atom is 0.266 e. The molecule has 0 aliphatic heterocycles. The molecule has 1 aromatic heterocycles. The number of hydrogen-bond donors (Lipinski definition) is 1. The summed E-state index contributed by atoms with van der Waals surface area (Å²) in [6.45, 7) is 5.62. The Kier molecular flexibility index (Phi) is 4.35. The van der Waals surface area contributed by atoms with Crippen LogP contribution in [0, 0.1) is 13.8 Å². The summed E-state index contributed by atoms with van der Waals surface area (Å²) in [6, 6.07) is 11.3. The second-order valence-corrected chi connectivity index (χ2v) is 4.73. The van der Waals surface area contributed by atoms with E-state index in [1.165, 1.54) is 0 Å². The van der Waals surface area contributed by atoms with Crippen molar-refractivity contribution in [1.82, 2.24) is 4.98 Å². The van der Waals surface area contributed by atoms with Crippen LogP contribution < -0.4 is 10.1 Å². The lowest BCUT2D eigenvalue weighted by Crippen LogP contribution is -2.30. The lowest BCUT2D eigenvalue weighted by molar-refractivity contribution is -0.122. The van der Waals surface area contributed by atoms with Gasteiger partial charge in [-0.15, -0.1) is 0 Å². The van der Waals surface area contributed by atoms with Gasteiger partial charge in [-0.25, -0.2) is 4.98 Å². The highest BCUT2D eigenvalue weighted by atomic mass is 16.5. The third-order valence-corrected chi connectivity index (χ3v) is 2.95. The lowest BCUT2D eigenvalue weighted by Gasteiger charge is -2.15. The molecule has 1 atom stereocenters. The monoisotopic (exact) mass is 270 g/mol. The van der Waals surface area contributed by atoms with Crippen molar-refractivity contribution in [2.75, 3.05) is 5.32 Å². The molecule has 1 heterocycles. The summed E-state index contributed by atoms with van der Waals surface area (Å²) in [5, 5.41) is 2.77. The third-order valence-electron chi connectivity index (χ3n) is 2.95. The maximum atomic E-state index is 12.1. The number of hydrogen-bond acceptors (Lipinski definition) is 3. The molecule has 1 unspecified atom stereocenters. The van der Waals surface area contributed by atoms with Crippen LogP contribution >= 0.6 is 0 Å². The molecule has 0 radical (unpaired) electrons. The van der Waals surface area contributed by atoms with Crippen LogP contribution in [0.2, 0.25) is 0 Å². The van der Waals surface area contributed by atoms with Gasteiger partial charge >= 0.3 is 0 Å². The van der Waals surface area contributed by atoms with Crippen LogP contribution in [0.15, 0.2) is 42.6 Å². The maximum absolute atomic E-state index is 12.1. The molecule has 0 fully saturated rings. The van der Waals surface area contributed by atoms with E-state index in [2.05, 4.69) is 10.3 Å². The molecule has 2 rings (SSSR count). The molecule has 20 heavy (non-hydrogen) atoms. The molecule has 0 aliphatic rings. The number of aromatic nitrogens is 1. The zero-order chi connectivity index (χ0) is 14.5. The van der Waals surface area contributed by atoms with E-state index in [9.17, 15) is 4.79 Å². The Balaban J connectivity index is 1.99. The molecule has 0 bridgehead atoms. The average Bonchev–Trinajstić information content (AvgIpc) is 2.44. The smallest absolute Gasteiger partial charge is 0.266 e. The summed E-state index contributed by atoms with van der Waals surface area (Å²) < 4.78 is 5.60. The van der Waals surface area contributed by atoms with Crippen molar-refractivity contribution >= 4 is 11.7 Å². The summed E-state index contributed by atoms with van der Waals surface area (Å²) in [7, 11) is 0. The van der Waals surface area contributed by atoms with Crippen molar-refractivity contribution in [3.05, 3.63) is 53.7 Å². The molecule has 0 saturated carbocycles. The van der Waals surface area contributed by atoms with Crippen LogP contribution in [0.4, 0.5) is 5.82 Å². The molecule has 0 spiro atoms. The fourth-order valence-corrected chi connectivity index (χ4v) is 1.71.